The van der Waals surface area contributed by atoms with Crippen molar-refractivity contribution in [2.24, 2.45) is 0 Å². The zero-order chi connectivity index (χ0) is 11.6. The van der Waals surface area contributed by atoms with Crippen molar-refractivity contribution in [1.82, 2.24) is 5.32 Å². The molecule has 0 aliphatic carbocycles. The van der Waals surface area contributed by atoms with Gasteiger partial charge in [-0.3, -0.25) is 0 Å². The average molecular weight is 246 g/mol. The van der Waals surface area contributed by atoms with E-state index < -0.39 is 5.92 Å². The van der Waals surface area contributed by atoms with Crippen LogP contribution in [0, 0.1) is 0 Å². The molecule has 1 aromatic carbocycles. The maximum absolute atomic E-state index is 13.9. The fourth-order valence-corrected chi connectivity index (χ4v) is 2.18. The molecule has 16 heavy (non-hydrogen) atoms. The van der Waals surface area contributed by atoms with Crippen molar-refractivity contribution in [2.45, 2.75) is 31.2 Å². The fourth-order valence-electron chi connectivity index (χ4n) is 2.05. The van der Waals surface area contributed by atoms with Crippen molar-refractivity contribution in [3.05, 3.63) is 34.9 Å². The fraction of sp³-hybridized carbons (Fsp3) is 0.500. The first-order valence-electron chi connectivity index (χ1n) is 5.45. The lowest BCUT2D eigenvalue weighted by Crippen LogP contribution is -2.29. The monoisotopic (exact) mass is 245 g/mol. The Morgan fingerprint density at radius 2 is 2.00 bits per heavy atom. The topological polar surface area (TPSA) is 12.0 Å². The molecule has 0 spiro atoms. The smallest absolute Gasteiger partial charge is 0.274 e. The minimum atomic E-state index is -2.77. The molecule has 88 valence electrons. The Morgan fingerprint density at radius 3 is 2.56 bits per heavy atom. The van der Waals surface area contributed by atoms with Gasteiger partial charge in [-0.15, -0.1) is 0 Å². The molecule has 0 amide bonds. The first-order chi connectivity index (χ1) is 7.58. The summed E-state index contributed by atoms with van der Waals surface area (Å²) >= 11 is 5.67. The second-order valence-corrected chi connectivity index (χ2v) is 4.65. The summed E-state index contributed by atoms with van der Waals surface area (Å²) in [5.41, 5.74) is 0.0469. The highest BCUT2D eigenvalue weighted by molar-refractivity contribution is 6.30. The second kappa shape index (κ2) is 4.68. The zero-order valence-corrected chi connectivity index (χ0v) is 9.61. The highest BCUT2D eigenvalue weighted by atomic mass is 35.5. The van der Waals surface area contributed by atoms with Crippen molar-refractivity contribution >= 4 is 11.6 Å². The lowest BCUT2D eigenvalue weighted by molar-refractivity contribution is -0.0213. The van der Waals surface area contributed by atoms with Crippen LogP contribution < -0.4 is 5.32 Å². The van der Waals surface area contributed by atoms with Crippen LogP contribution in [0.4, 0.5) is 8.78 Å². The third-order valence-corrected chi connectivity index (χ3v) is 3.18. The van der Waals surface area contributed by atoms with Gasteiger partial charge in [0.05, 0.1) is 0 Å². The predicted molar refractivity (Wildman–Crippen MR) is 61.0 cm³/mol. The van der Waals surface area contributed by atoms with Gasteiger partial charge in [-0.05, 0) is 31.5 Å². The average Bonchev–Trinajstić information content (AvgIpc) is 2.70. The molecular formula is C12H14ClF2N. The van der Waals surface area contributed by atoms with Crippen LogP contribution >= 0.6 is 11.6 Å². The Balaban J connectivity index is 2.07. The van der Waals surface area contributed by atoms with Crippen LogP contribution in [0.25, 0.3) is 0 Å². The molecule has 0 bridgehead atoms. The van der Waals surface area contributed by atoms with E-state index in [0.29, 0.717) is 5.02 Å². The summed E-state index contributed by atoms with van der Waals surface area (Å²) in [4.78, 5) is 0. The van der Waals surface area contributed by atoms with Crippen LogP contribution in [0.5, 0.6) is 0 Å². The molecule has 0 saturated carbocycles. The molecule has 1 unspecified atom stereocenters. The number of hydrogen-bond donors (Lipinski definition) is 1. The predicted octanol–water partition coefficient (Wildman–Crippen LogP) is 3.57. The van der Waals surface area contributed by atoms with E-state index in [1.807, 2.05) is 0 Å². The highest BCUT2D eigenvalue weighted by Crippen LogP contribution is 2.34. The van der Waals surface area contributed by atoms with Crippen LogP contribution in [0.3, 0.4) is 0 Å². The second-order valence-electron chi connectivity index (χ2n) is 4.21. The molecule has 4 heteroatoms. The Labute approximate surface area is 98.8 Å². The van der Waals surface area contributed by atoms with Gasteiger partial charge in [-0.25, -0.2) is 8.78 Å². The normalized spacial score (nSPS) is 21.3. The van der Waals surface area contributed by atoms with Crippen molar-refractivity contribution in [1.29, 1.82) is 0 Å². The van der Waals surface area contributed by atoms with Crippen molar-refractivity contribution in [3.63, 3.8) is 0 Å². The van der Waals surface area contributed by atoms with Crippen molar-refractivity contribution in [2.75, 3.05) is 6.54 Å². The number of rotatable bonds is 3. The Hall–Kier alpha value is -0.670. The van der Waals surface area contributed by atoms with Gasteiger partial charge in [0.1, 0.15) is 0 Å². The summed E-state index contributed by atoms with van der Waals surface area (Å²) in [6.45, 7) is 0.849. The molecule has 1 atom stereocenters. The number of nitrogens with one attached hydrogen (secondary N) is 1. The van der Waals surface area contributed by atoms with Gasteiger partial charge in [0, 0.05) is 23.0 Å². The van der Waals surface area contributed by atoms with Gasteiger partial charge in [0.2, 0.25) is 0 Å². The van der Waals surface area contributed by atoms with E-state index in [-0.39, 0.29) is 18.0 Å². The maximum Gasteiger partial charge on any atom is 0.274 e. The number of alkyl halides is 2. The van der Waals surface area contributed by atoms with E-state index in [9.17, 15) is 8.78 Å². The molecule has 1 nitrogen and oxygen atoms in total. The lowest BCUT2D eigenvalue weighted by Gasteiger charge is -2.20. The van der Waals surface area contributed by atoms with Gasteiger partial charge < -0.3 is 5.32 Å². The number of benzene rings is 1. The third-order valence-electron chi connectivity index (χ3n) is 2.93. The molecular weight excluding hydrogens is 232 g/mol. The van der Waals surface area contributed by atoms with Gasteiger partial charge in [-0.2, -0.15) is 0 Å². The molecule has 1 aliphatic heterocycles. The number of halogens is 3. The van der Waals surface area contributed by atoms with E-state index in [4.69, 9.17) is 11.6 Å². The molecule has 1 fully saturated rings. The Morgan fingerprint density at radius 1 is 1.31 bits per heavy atom. The number of hydrogen-bond acceptors (Lipinski definition) is 1. The third kappa shape index (κ3) is 2.71. The van der Waals surface area contributed by atoms with Crippen LogP contribution in [-0.2, 0) is 5.92 Å². The van der Waals surface area contributed by atoms with Crippen LogP contribution in [0.1, 0.15) is 24.8 Å². The van der Waals surface area contributed by atoms with Crippen LogP contribution in [0.2, 0.25) is 5.02 Å². The van der Waals surface area contributed by atoms with Crippen molar-refractivity contribution < 1.29 is 8.78 Å². The van der Waals surface area contributed by atoms with Gasteiger partial charge in [0.25, 0.3) is 5.92 Å². The van der Waals surface area contributed by atoms with E-state index in [1.54, 1.807) is 0 Å². The molecule has 1 aromatic rings. The summed E-state index contributed by atoms with van der Waals surface area (Å²) in [5.74, 6) is -2.77. The molecule has 2 rings (SSSR count). The minimum Gasteiger partial charge on any atom is -0.314 e. The zero-order valence-electron chi connectivity index (χ0n) is 8.85. The Kier molecular flexibility index (Phi) is 3.45. The maximum atomic E-state index is 13.9. The summed E-state index contributed by atoms with van der Waals surface area (Å²) in [6, 6.07) is 5.75. The SMILES string of the molecule is FC(F)(CC1CCCN1)c1ccc(Cl)cc1. The summed E-state index contributed by atoms with van der Waals surface area (Å²) in [7, 11) is 0. The molecule has 0 radical (unpaired) electrons. The van der Waals surface area contributed by atoms with E-state index in [2.05, 4.69) is 5.32 Å². The van der Waals surface area contributed by atoms with Gasteiger partial charge >= 0.3 is 0 Å². The molecule has 1 heterocycles. The first kappa shape index (κ1) is 11.8. The molecule has 1 saturated heterocycles. The van der Waals surface area contributed by atoms with Crippen LogP contribution in [-0.4, -0.2) is 12.6 Å². The van der Waals surface area contributed by atoms with E-state index in [1.165, 1.54) is 24.3 Å². The van der Waals surface area contributed by atoms with Crippen molar-refractivity contribution in [3.8, 4) is 0 Å². The van der Waals surface area contributed by atoms with Gasteiger partial charge in [-0.1, -0.05) is 23.7 Å². The highest BCUT2D eigenvalue weighted by Gasteiger charge is 2.35. The lowest BCUT2D eigenvalue weighted by atomic mass is 10.00. The van der Waals surface area contributed by atoms with Crippen LogP contribution in [0.15, 0.2) is 24.3 Å². The largest absolute Gasteiger partial charge is 0.314 e. The van der Waals surface area contributed by atoms with E-state index in [0.717, 1.165) is 19.4 Å². The molecule has 1 N–H and O–H groups in total. The molecule has 0 aromatic heterocycles. The summed E-state index contributed by atoms with van der Waals surface area (Å²) < 4.78 is 27.7. The quantitative estimate of drug-likeness (QED) is 0.859. The molecule has 1 aliphatic rings. The Bertz CT molecular complexity index is 345. The van der Waals surface area contributed by atoms with E-state index >= 15 is 0 Å². The van der Waals surface area contributed by atoms with Gasteiger partial charge in [0.15, 0.2) is 0 Å². The summed E-state index contributed by atoms with van der Waals surface area (Å²) in [6.07, 6.45) is 1.69. The minimum absolute atomic E-state index is 0.0469. The standard InChI is InChI=1S/C12H14ClF2N/c13-10-5-3-9(4-6-10)12(14,15)8-11-2-1-7-16-11/h3-6,11,16H,1-2,7-8H2. The first-order valence-corrected chi connectivity index (χ1v) is 5.83. The summed E-state index contributed by atoms with van der Waals surface area (Å²) in [5, 5.41) is 3.57.